The Morgan fingerprint density at radius 1 is 1.24 bits per heavy atom. The van der Waals surface area contributed by atoms with Gasteiger partial charge in [-0.3, -0.25) is 4.79 Å². The zero-order valence-electron chi connectivity index (χ0n) is 9.86. The smallest absolute Gasteiger partial charge is 0.230 e. The summed E-state index contributed by atoms with van der Waals surface area (Å²) in [5, 5.41) is 3.13. The summed E-state index contributed by atoms with van der Waals surface area (Å²) in [7, 11) is 0. The van der Waals surface area contributed by atoms with Crippen molar-refractivity contribution in [1.29, 1.82) is 0 Å². The summed E-state index contributed by atoms with van der Waals surface area (Å²) >= 11 is 0. The van der Waals surface area contributed by atoms with Crippen LogP contribution in [0.4, 0.5) is 0 Å². The topological polar surface area (TPSA) is 55.1 Å². The molecule has 0 radical (unpaired) electrons. The minimum Gasteiger partial charge on any atom is -0.352 e. The van der Waals surface area contributed by atoms with Gasteiger partial charge in [0.05, 0.1) is 5.41 Å². The van der Waals surface area contributed by atoms with Gasteiger partial charge in [-0.15, -0.1) is 0 Å². The summed E-state index contributed by atoms with van der Waals surface area (Å²) in [6.07, 6.45) is 3.80. The molecule has 0 aromatic heterocycles. The summed E-state index contributed by atoms with van der Waals surface area (Å²) in [6.45, 7) is 0. The SMILES string of the molecule is NC1CC(NC(=O)C2(c3ccccc3)CC2)C1. The number of benzene rings is 1. The van der Waals surface area contributed by atoms with Gasteiger partial charge in [0.1, 0.15) is 0 Å². The van der Waals surface area contributed by atoms with E-state index >= 15 is 0 Å². The van der Waals surface area contributed by atoms with Crippen molar-refractivity contribution in [3.8, 4) is 0 Å². The van der Waals surface area contributed by atoms with Gasteiger partial charge in [0.2, 0.25) is 5.91 Å². The van der Waals surface area contributed by atoms with Crippen molar-refractivity contribution in [3.63, 3.8) is 0 Å². The van der Waals surface area contributed by atoms with Crippen LogP contribution >= 0.6 is 0 Å². The lowest BCUT2D eigenvalue weighted by molar-refractivity contribution is -0.124. The fourth-order valence-electron chi connectivity index (χ4n) is 2.63. The lowest BCUT2D eigenvalue weighted by Crippen LogP contribution is -2.52. The zero-order valence-corrected chi connectivity index (χ0v) is 9.86. The Morgan fingerprint density at radius 3 is 2.41 bits per heavy atom. The van der Waals surface area contributed by atoms with Crippen molar-refractivity contribution in [2.45, 2.75) is 43.2 Å². The highest BCUT2D eigenvalue weighted by Gasteiger charge is 2.51. The van der Waals surface area contributed by atoms with E-state index in [1.54, 1.807) is 0 Å². The molecule has 17 heavy (non-hydrogen) atoms. The van der Waals surface area contributed by atoms with Crippen LogP contribution in [0.5, 0.6) is 0 Å². The molecule has 0 spiro atoms. The van der Waals surface area contributed by atoms with Gasteiger partial charge in [-0.2, -0.15) is 0 Å². The molecule has 0 heterocycles. The maximum Gasteiger partial charge on any atom is 0.230 e. The molecule has 2 aliphatic rings. The molecule has 2 aliphatic carbocycles. The molecule has 0 bridgehead atoms. The van der Waals surface area contributed by atoms with Crippen LogP contribution in [0.3, 0.4) is 0 Å². The molecule has 1 aromatic rings. The summed E-state index contributed by atoms with van der Waals surface area (Å²) < 4.78 is 0. The number of nitrogens with two attached hydrogens (primary N) is 1. The van der Waals surface area contributed by atoms with Crippen molar-refractivity contribution in [3.05, 3.63) is 35.9 Å². The van der Waals surface area contributed by atoms with E-state index in [4.69, 9.17) is 5.73 Å². The number of carbonyl (C=O) groups excluding carboxylic acids is 1. The fourth-order valence-corrected chi connectivity index (χ4v) is 2.63. The van der Waals surface area contributed by atoms with Crippen LogP contribution in [-0.2, 0) is 10.2 Å². The molecule has 90 valence electrons. The summed E-state index contributed by atoms with van der Waals surface area (Å²) in [6, 6.07) is 10.7. The molecule has 2 fully saturated rings. The minimum atomic E-state index is -0.235. The van der Waals surface area contributed by atoms with Crippen LogP contribution in [0, 0.1) is 0 Å². The minimum absolute atomic E-state index is 0.195. The van der Waals surface area contributed by atoms with Crippen LogP contribution in [-0.4, -0.2) is 18.0 Å². The molecule has 1 aromatic carbocycles. The number of hydrogen-bond donors (Lipinski definition) is 2. The lowest BCUT2D eigenvalue weighted by atomic mass is 9.86. The molecule has 3 nitrogen and oxygen atoms in total. The highest BCUT2D eigenvalue weighted by molar-refractivity contribution is 5.91. The highest BCUT2D eigenvalue weighted by Crippen LogP contribution is 2.48. The molecule has 0 saturated heterocycles. The normalized spacial score (nSPS) is 29.2. The van der Waals surface area contributed by atoms with Gasteiger partial charge in [-0.1, -0.05) is 30.3 Å². The van der Waals surface area contributed by atoms with Crippen LogP contribution < -0.4 is 11.1 Å². The average molecular weight is 230 g/mol. The number of amides is 1. The first-order valence-corrected chi connectivity index (χ1v) is 6.33. The largest absolute Gasteiger partial charge is 0.352 e. The first-order valence-electron chi connectivity index (χ1n) is 6.33. The van der Waals surface area contributed by atoms with E-state index in [1.807, 2.05) is 18.2 Å². The number of nitrogens with one attached hydrogen (secondary N) is 1. The first-order chi connectivity index (χ1) is 8.21. The van der Waals surface area contributed by atoms with E-state index in [2.05, 4.69) is 17.4 Å². The van der Waals surface area contributed by atoms with Crippen molar-refractivity contribution in [2.75, 3.05) is 0 Å². The third kappa shape index (κ3) is 1.84. The van der Waals surface area contributed by atoms with Crippen LogP contribution in [0.15, 0.2) is 30.3 Å². The van der Waals surface area contributed by atoms with Crippen molar-refractivity contribution < 1.29 is 4.79 Å². The predicted octanol–water partition coefficient (Wildman–Crippen LogP) is 1.32. The van der Waals surface area contributed by atoms with Crippen LogP contribution in [0.2, 0.25) is 0 Å². The quantitative estimate of drug-likeness (QED) is 0.823. The Labute approximate surface area is 101 Å². The molecule has 2 saturated carbocycles. The van der Waals surface area contributed by atoms with Crippen molar-refractivity contribution in [1.82, 2.24) is 5.32 Å². The van der Waals surface area contributed by atoms with E-state index in [0.29, 0.717) is 6.04 Å². The van der Waals surface area contributed by atoms with Crippen molar-refractivity contribution in [2.24, 2.45) is 5.73 Å². The second-order valence-corrected chi connectivity index (χ2v) is 5.35. The molecule has 3 heteroatoms. The van der Waals surface area contributed by atoms with E-state index in [1.165, 1.54) is 0 Å². The second kappa shape index (κ2) is 3.84. The molecule has 1 amide bonds. The van der Waals surface area contributed by atoms with Crippen LogP contribution in [0.25, 0.3) is 0 Å². The third-order valence-electron chi connectivity index (χ3n) is 4.02. The van der Waals surface area contributed by atoms with Gasteiger partial charge in [0, 0.05) is 12.1 Å². The zero-order chi connectivity index (χ0) is 11.9. The number of rotatable bonds is 3. The first kappa shape index (κ1) is 10.8. The van der Waals surface area contributed by atoms with E-state index in [9.17, 15) is 4.79 Å². The van der Waals surface area contributed by atoms with Crippen molar-refractivity contribution >= 4 is 5.91 Å². The van der Waals surface area contributed by atoms with Gasteiger partial charge in [-0.25, -0.2) is 0 Å². The van der Waals surface area contributed by atoms with Crippen LogP contribution in [0.1, 0.15) is 31.2 Å². The Kier molecular flexibility index (Phi) is 2.44. The van der Waals surface area contributed by atoms with E-state index in [-0.39, 0.29) is 17.4 Å². The Hall–Kier alpha value is -1.35. The highest BCUT2D eigenvalue weighted by atomic mass is 16.2. The monoisotopic (exact) mass is 230 g/mol. The summed E-state index contributed by atoms with van der Waals surface area (Å²) in [5.41, 5.74) is 6.65. The molecule has 0 unspecified atom stereocenters. The molecule has 0 aliphatic heterocycles. The second-order valence-electron chi connectivity index (χ2n) is 5.35. The average Bonchev–Trinajstić information content (AvgIpc) is 3.09. The number of carbonyl (C=O) groups is 1. The van der Waals surface area contributed by atoms with Gasteiger partial charge >= 0.3 is 0 Å². The molecular weight excluding hydrogens is 212 g/mol. The van der Waals surface area contributed by atoms with Gasteiger partial charge in [0.15, 0.2) is 0 Å². The molecule has 0 atom stereocenters. The lowest BCUT2D eigenvalue weighted by Gasteiger charge is -2.34. The van der Waals surface area contributed by atoms with Gasteiger partial charge in [-0.05, 0) is 31.2 Å². The molecular formula is C14H18N2O. The summed E-state index contributed by atoms with van der Waals surface area (Å²) in [4.78, 5) is 12.3. The maximum absolute atomic E-state index is 12.3. The predicted molar refractivity (Wildman–Crippen MR) is 66.5 cm³/mol. The van der Waals surface area contributed by atoms with E-state index < -0.39 is 0 Å². The Balaban J connectivity index is 1.69. The Bertz CT molecular complexity index is 419. The Morgan fingerprint density at radius 2 is 1.88 bits per heavy atom. The standard InChI is InChI=1S/C14H18N2O/c15-11-8-12(9-11)16-13(17)14(6-7-14)10-4-2-1-3-5-10/h1-5,11-12H,6-9,15H2,(H,16,17). The summed E-state index contributed by atoms with van der Waals surface area (Å²) in [5.74, 6) is 0.195. The third-order valence-corrected chi connectivity index (χ3v) is 4.02. The fraction of sp³-hybridized carbons (Fsp3) is 0.500. The van der Waals surface area contributed by atoms with E-state index in [0.717, 1.165) is 31.2 Å². The molecule has 3 N–H and O–H groups in total. The number of hydrogen-bond acceptors (Lipinski definition) is 2. The molecule has 3 rings (SSSR count). The maximum atomic E-state index is 12.3. The van der Waals surface area contributed by atoms with Gasteiger partial charge < -0.3 is 11.1 Å². The van der Waals surface area contributed by atoms with Gasteiger partial charge in [0.25, 0.3) is 0 Å².